The number of anilines is 1. The average Bonchev–Trinajstić information content (AvgIpc) is 2.56. The molecule has 0 aromatic heterocycles. The van der Waals surface area contributed by atoms with Crippen LogP contribution in [0.1, 0.15) is 37.3 Å². The number of hydrogen-bond acceptors (Lipinski definition) is 1. The van der Waals surface area contributed by atoms with Crippen LogP contribution in [0.4, 0.5) is 5.69 Å². The van der Waals surface area contributed by atoms with Crippen LogP contribution in [0.25, 0.3) is 6.08 Å². The molecule has 0 aliphatic rings. The Morgan fingerprint density at radius 3 is 2.43 bits per heavy atom. The van der Waals surface area contributed by atoms with Crippen LogP contribution >= 0.6 is 23.2 Å². The molecule has 2 rings (SSSR count). The monoisotopic (exact) mass is 347 g/mol. The lowest BCUT2D eigenvalue weighted by Gasteiger charge is -2.09. The molecule has 2 nitrogen and oxygen atoms in total. The largest absolute Gasteiger partial charge is 0.323 e. The molecule has 0 fully saturated rings. The van der Waals surface area contributed by atoms with Crippen LogP contribution in [0.3, 0.4) is 0 Å². The normalized spacial score (nSPS) is 12.3. The molecule has 0 radical (unpaired) electrons. The van der Waals surface area contributed by atoms with Crippen LogP contribution in [0.2, 0.25) is 10.0 Å². The highest BCUT2D eigenvalue weighted by Crippen LogP contribution is 2.23. The zero-order chi connectivity index (χ0) is 16.8. The first-order chi connectivity index (χ1) is 11.0. The summed E-state index contributed by atoms with van der Waals surface area (Å²) in [5.41, 5.74) is 2.87. The predicted octanol–water partition coefficient (Wildman–Crippen LogP) is 6.16. The Hall–Kier alpha value is -1.77. The molecule has 0 heterocycles. The van der Waals surface area contributed by atoms with Crippen molar-refractivity contribution in [3.63, 3.8) is 0 Å². The van der Waals surface area contributed by atoms with Crippen molar-refractivity contribution in [2.24, 2.45) is 0 Å². The fourth-order valence-electron chi connectivity index (χ4n) is 2.10. The van der Waals surface area contributed by atoms with E-state index < -0.39 is 0 Å². The van der Waals surface area contributed by atoms with Gasteiger partial charge in [0.05, 0.1) is 10.0 Å². The second kappa shape index (κ2) is 8.19. The number of amides is 1. The van der Waals surface area contributed by atoms with Crippen molar-refractivity contribution in [1.82, 2.24) is 0 Å². The zero-order valence-electron chi connectivity index (χ0n) is 13.1. The lowest BCUT2D eigenvalue weighted by atomic mass is 9.99. The topological polar surface area (TPSA) is 29.1 Å². The van der Waals surface area contributed by atoms with Crippen molar-refractivity contribution in [1.29, 1.82) is 0 Å². The Labute approximate surface area is 147 Å². The van der Waals surface area contributed by atoms with Gasteiger partial charge in [-0.3, -0.25) is 4.79 Å². The van der Waals surface area contributed by atoms with Crippen molar-refractivity contribution in [2.45, 2.75) is 26.2 Å². The molecule has 0 aliphatic heterocycles. The molecule has 120 valence electrons. The van der Waals surface area contributed by atoms with E-state index >= 15 is 0 Å². The van der Waals surface area contributed by atoms with Crippen LogP contribution < -0.4 is 5.32 Å². The quantitative estimate of drug-likeness (QED) is 0.644. The van der Waals surface area contributed by atoms with E-state index in [4.69, 9.17) is 23.2 Å². The molecule has 0 spiro atoms. The van der Waals surface area contributed by atoms with Gasteiger partial charge in [0.2, 0.25) is 5.91 Å². The van der Waals surface area contributed by atoms with Gasteiger partial charge in [0.15, 0.2) is 0 Å². The number of carbonyl (C=O) groups is 1. The summed E-state index contributed by atoms with van der Waals surface area (Å²) in [5.74, 6) is 0.335. The third-order valence-electron chi connectivity index (χ3n) is 3.73. The smallest absolute Gasteiger partial charge is 0.248 e. The minimum atomic E-state index is -0.188. The molecule has 23 heavy (non-hydrogen) atoms. The molecule has 2 aromatic carbocycles. The molecular formula is C19H19Cl2NO. The molecule has 4 heteroatoms. The number of nitrogens with one attached hydrogen (secondary N) is 1. The lowest BCUT2D eigenvalue weighted by Crippen LogP contribution is -2.07. The van der Waals surface area contributed by atoms with E-state index in [1.54, 1.807) is 24.3 Å². The number of halogens is 2. The molecule has 1 atom stereocenters. The molecule has 1 unspecified atom stereocenters. The number of hydrogen-bond donors (Lipinski definition) is 1. The van der Waals surface area contributed by atoms with E-state index in [2.05, 4.69) is 19.2 Å². The van der Waals surface area contributed by atoms with Crippen LogP contribution in [-0.4, -0.2) is 5.91 Å². The average molecular weight is 348 g/mol. The van der Waals surface area contributed by atoms with Gasteiger partial charge in [0.25, 0.3) is 0 Å². The van der Waals surface area contributed by atoms with Gasteiger partial charge in [-0.25, -0.2) is 0 Å². The summed E-state index contributed by atoms with van der Waals surface area (Å²) < 4.78 is 0. The van der Waals surface area contributed by atoms with Gasteiger partial charge in [-0.2, -0.15) is 0 Å². The van der Waals surface area contributed by atoms with E-state index in [1.807, 2.05) is 24.3 Å². The first-order valence-electron chi connectivity index (χ1n) is 7.53. The third kappa shape index (κ3) is 5.12. The van der Waals surface area contributed by atoms with Crippen molar-refractivity contribution in [2.75, 3.05) is 5.32 Å². The van der Waals surface area contributed by atoms with Crippen molar-refractivity contribution in [3.8, 4) is 0 Å². The maximum Gasteiger partial charge on any atom is 0.248 e. The molecule has 0 saturated carbocycles. The summed E-state index contributed by atoms with van der Waals surface area (Å²) in [4.78, 5) is 12.0. The fraction of sp³-hybridized carbons (Fsp3) is 0.211. The van der Waals surface area contributed by atoms with Crippen LogP contribution in [0, 0.1) is 0 Å². The van der Waals surface area contributed by atoms with E-state index in [9.17, 15) is 4.79 Å². The summed E-state index contributed by atoms with van der Waals surface area (Å²) in [5, 5.41) is 3.80. The Balaban J connectivity index is 1.98. The maximum absolute atomic E-state index is 12.0. The van der Waals surface area contributed by atoms with Gasteiger partial charge in [-0.1, -0.05) is 55.2 Å². The van der Waals surface area contributed by atoms with E-state index in [0.717, 1.165) is 17.7 Å². The second-order valence-corrected chi connectivity index (χ2v) is 6.24. The number of benzene rings is 2. The van der Waals surface area contributed by atoms with Crippen molar-refractivity contribution < 1.29 is 4.79 Å². The van der Waals surface area contributed by atoms with Gasteiger partial charge < -0.3 is 5.32 Å². The van der Waals surface area contributed by atoms with E-state index in [-0.39, 0.29) is 5.91 Å². The molecule has 1 N–H and O–H groups in total. The Morgan fingerprint density at radius 1 is 1.13 bits per heavy atom. The number of rotatable bonds is 5. The highest BCUT2D eigenvalue weighted by Gasteiger charge is 2.03. The highest BCUT2D eigenvalue weighted by atomic mass is 35.5. The van der Waals surface area contributed by atoms with Gasteiger partial charge in [0, 0.05) is 11.8 Å². The SMILES string of the molecule is CCC(C)c1ccc(NC(=O)/C=C/c2ccc(Cl)c(Cl)c2)cc1. The summed E-state index contributed by atoms with van der Waals surface area (Å²) in [6.45, 7) is 4.35. The van der Waals surface area contributed by atoms with Gasteiger partial charge in [-0.15, -0.1) is 0 Å². The van der Waals surface area contributed by atoms with Crippen molar-refractivity contribution in [3.05, 3.63) is 69.7 Å². The lowest BCUT2D eigenvalue weighted by molar-refractivity contribution is -0.111. The third-order valence-corrected chi connectivity index (χ3v) is 4.47. The zero-order valence-corrected chi connectivity index (χ0v) is 14.7. The van der Waals surface area contributed by atoms with Crippen LogP contribution in [-0.2, 0) is 4.79 Å². The van der Waals surface area contributed by atoms with Crippen LogP contribution in [0.5, 0.6) is 0 Å². The Kier molecular flexibility index (Phi) is 6.26. The molecule has 2 aromatic rings. The Bertz CT molecular complexity index is 708. The van der Waals surface area contributed by atoms with Crippen molar-refractivity contribution >= 4 is 40.9 Å². The first kappa shape index (κ1) is 17.6. The van der Waals surface area contributed by atoms with Gasteiger partial charge >= 0.3 is 0 Å². The fourth-order valence-corrected chi connectivity index (χ4v) is 2.41. The maximum atomic E-state index is 12.0. The predicted molar refractivity (Wildman–Crippen MR) is 99.3 cm³/mol. The highest BCUT2D eigenvalue weighted by molar-refractivity contribution is 6.42. The minimum Gasteiger partial charge on any atom is -0.323 e. The molecule has 0 saturated heterocycles. The molecule has 0 bridgehead atoms. The van der Waals surface area contributed by atoms with E-state index in [0.29, 0.717) is 16.0 Å². The molecular weight excluding hydrogens is 329 g/mol. The molecule has 1 amide bonds. The Morgan fingerprint density at radius 2 is 1.83 bits per heavy atom. The summed E-state index contributed by atoms with van der Waals surface area (Å²) >= 11 is 11.8. The van der Waals surface area contributed by atoms with Gasteiger partial charge in [-0.05, 0) is 53.8 Å². The summed E-state index contributed by atoms with van der Waals surface area (Å²) in [6.07, 6.45) is 4.27. The second-order valence-electron chi connectivity index (χ2n) is 5.43. The first-order valence-corrected chi connectivity index (χ1v) is 8.29. The minimum absolute atomic E-state index is 0.188. The number of carbonyl (C=O) groups excluding carboxylic acids is 1. The standard InChI is InChI=1S/C19H19Cl2NO/c1-3-13(2)15-6-8-16(9-7-15)22-19(23)11-5-14-4-10-17(20)18(21)12-14/h4-13H,3H2,1-2H3,(H,22,23)/b11-5+. The van der Waals surface area contributed by atoms with E-state index in [1.165, 1.54) is 11.6 Å². The molecule has 0 aliphatic carbocycles. The van der Waals surface area contributed by atoms with Crippen LogP contribution in [0.15, 0.2) is 48.5 Å². The van der Waals surface area contributed by atoms with Gasteiger partial charge in [0.1, 0.15) is 0 Å². The summed E-state index contributed by atoms with van der Waals surface area (Å²) in [6, 6.07) is 13.2. The summed E-state index contributed by atoms with van der Waals surface area (Å²) in [7, 11) is 0.